The van der Waals surface area contributed by atoms with E-state index in [-0.39, 0.29) is 11.2 Å². The molecule has 0 saturated carbocycles. The molecule has 1 atom stereocenters. The summed E-state index contributed by atoms with van der Waals surface area (Å²) in [7, 11) is 1.64. The first-order valence-electron chi connectivity index (χ1n) is 5.84. The summed E-state index contributed by atoms with van der Waals surface area (Å²) in [6, 6.07) is 6.23. The summed E-state index contributed by atoms with van der Waals surface area (Å²) in [5.41, 5.74) is 3.04. The van der Waals surface area contributed by atoms with E-state index in [0.29, 0.717) is 5.69 Å². The molecule has 2 rings (SSSR count). The largest absolute Gasteiger partial charge is 0.358 e. The van der Waals surface area contributed by atoms with E-state index in [4.69, 9.17) is 0 Å². The van der Waals surface area contributed by atoms with Gasteiger partial charge in [-0.2, -0.15) is 0 Å². The smallest absolute Gasteiger partial charge is 0.239 e. The normalized spacial score (nSPS) is 12.2. The van der Waals surface area contributed by atoms with Gasteiger partial charge in [-0.15, -0.1) is 16.9 Å². The Morgan fingerprint density at radius 2 is 2.21 bits per heavy atom. The molecule has 1 unspecified atom stereocenters. The van der Waals surface area contributed by atoms with Crippen molar-refractivity contribution in [2.24, 2.45) is 0 Å². The van der Waals surface area contributed by atoms with Gasteiger partial charge in [0.2, 0.25) is 5.91 Å². The Kier molecular flexibility index (Phi) is 4.55. The highest BCUT2D eigenvalue weighted by Gasteiger charge is 2.24. The molecule has 2 aromatic rings. The fraction of sp³-hybridized carbons (Fsp3) is 0.308. The first kappa shape index (κ1) is 14.0. The third kappa shape index (κ3) is 3.33. The molecule has 0 saturated heterocycles. The van der Waals surface area contributed by atoms with E-state index in [1.165, 1.54) is 28.9 Å². The van der Waals surface area contributed by atoms with E-state index in [1.807, 2.05) is 19.2 Å². The Morgan fingerprint density at radius 1 is 1.42 bits per heavy atom. The number of rotatable bonds is 4. The van der Waals surface area contributed by atoms with E-state index in [2.05, 4.69) is 33.1 Å². The van der Waals surface area contributed by atoms with Crippen molar-refractivity contribution in [2.75, 3.05) is 7.05 Å². The first-order valence-corrected chi connectivity index (χ1v) is 7.56. The van der Waals surface area contributed by atoms with Gasteiger partial charge in [0.05, 0.1) is 5.69 Å². The summed E-state index contributed by atoms with van der Waals surface area (Å²) < 4.78 is 3.84. The third-order valence-electron chi connectivity index (χ3n) is 2.72. The van der Waals surface area contributed by atoms with Crippen LogP contribution in [0.5, 0.6) is 0 Å². The van der Waals surface area contributed by atoms with Crippen LogP contribution in [0.4, 0.5) is 0 Å². The topological polar surface area (TPSA) is 54.9 Å². The van der Waals surface area contributed by atoms with Crippen LogP contribution in [0.15, 0.2) is 28.5 Å². The van der Waals surface area contributed by atoms with Crippen LogP contribution in [0.1, 0.15) is 22.1 Å². The molecule has 1 aromatic heterocycles. The van der Waals surface area contributed by atoms with Crippen LogP contribution in [-0.2, 0) is 4.79 Å². The molecule has 0 aliphatic carbocycles. The van der Waals surface area contributed by atoms with Crippen LogP contribution < -0.4 is 5.32 Å². The molecule has 6 heteroatoms. The van der Waals surface area contributed by atoms with Gasteiger partial charge in [-0.3, -0.25) is 4.79 Å². The summed E-state index contributed by atoms with van der Waals surface area (Å²) in [6.07, 6.45) is 0. The molecule has 1 heterocycles. The minimum atomic E-state index is -0.357. The van der Waals surface area contributed by atoms with Crippen LogP contribution in [0.25, 0.3) is 0 Å². The number of benzene rings is 1. The Balaban J connectivity index is 2.30. The predicted molar refractivity (Wildman–Crippen MR) is 78.5 cm³/mol. The zero-order chi connectivity index (χ0) is 13.8. The highest BCUT2D eigenvalue weighted by Crippen LogP contribution is 2.36. The maximum absolute atomic E-state index is 12.0. The van der Waals surface area contributed by atoms with Gasteiger partial charge in [-0.05, 0) is 37.0 Å². The molecule has 4 nitrogen and oxygen atoms in total. The number of thioether (sulfide) groups is 1. The molecule has 0 bridgehead atoms. The van der Waals surface area contributed by atoms with E-state index < -0.39 is 0 Å². The lowest BCUT2D eigenvalue weighted by Gasteiger charge is -2.14. The highest BCUT2D eigenvalue weighted by atomic mass is 32.2. The van der Waals surface area contributed by atoms with Gasteiger partial charge in [-0.1, -0.05) is 22.2 Å². The van der Waals surface area contributed by atoms with Gasteiger partial charge < -0.3 is 5.32 Å². The molecule has 19 heavy (non-hydrogen) atoms. The van der Waals surface area contributed by atoms with Gasteiger partial charge in [0.15, 0.2) is 0 Å². The van der Waals surface area contributed by atoms with Gasteiger partial charge in [-0.25, -0.2) is 0 Å². The number of carbonyl (C=O) groups is 1. The lowest BCUT2D eigenvalue weighted by molar-refractivity contribution is -0.120. The SMILES string of the molecule is CNC(=O)C(Sc1cc(C)ccc1C)c1csnn1. The quantitative estimate of drug-likeness (QED) is 0.881. The second-order valence-electron chi connectivity index (χ2n) is 4.21. The van der Waals surface area contributed by atoms with Crippen LogP contribution >= 0.6 is 23.3 Å². The van der Waals surface area contributed by atoms with Crippen LogP contribution in [0.3, 0.4) is 0 Å². The zero-order valence-electron chi connectivity index (χ0n) is 11.0. The molecular weight excluding hydrogens is 278 g/mol. The maximum Gasteiger partial charge on any atom is 0.239 e. The van der Waals surface area contributed by atoms with Gasteiger partial charge >= 0.3 is 0 Å². The van der Waals surface area contributed by atoms with Crippen molar-refractivity contribution >= 4 is 29.2 Å². The van der Waals surface area contributed by atoms with Crippen LogP contribution in [0, 0.1) is 13.8 Å². The second-order valence-corrected chi connectivity index (χ2v) is 5.97. The summed E-state index contributed by atoms with van der Waals surface area (Å²) in [5.74, 6) is -0.0568. The number of nitrogens with one attached hydrogen (secondary N) is 1. The molecule has 1 aromatic carbocycles. The fourth-order valence-electron chi connectivity index (χ4n) is 1.63. The van der Waals surface area contributed by atoms with Crippen molar-refractivity contribution in [3.63, 3.8) is 0 Å². The van der Waals surface area contributed by atoms with Crippen molar-refractivity contribution in [2.45, 2.75) is 24.0 Å². The highest BCUT2D eigenvalue weighted by molar-refractivity contribution is 8.00. The van der Waals surface area contributed by atoms with Crippen molar-refractivity contribution in [3.05, 3.63) is 40.4 Å². The number of carbonyl (C=O) groups excluding carboxylic acids is 1. The Bertz CT molecular complexity index is 569. The first-order chi connectivity index (χ1) is 9.11. The van der Waals surface area contributed by atoms with E-state index >= 15 is 0 Å². The van der Waals surface area contributed by atoms with E-state index in [9.17, 15) is 4.79 Å². The fourth-order valence-corrected chi connectivity index (χ4v) is 3.42. The average Bonchev–Trinajstić information content (AvgIpc) is 2.92. The molecule has 0 spiro atoms. The van der Waals surface area contributed by atoms with Gasteiger partial charge in [0.25, 0.3) is 0 Å². The lowest BCUT2D eigenvalue weighted by atomic mass is 10.2. The van der Waals surface area contributed by atoms with Crippen LogP contribution in [-0.4, -0.2) is 22.5 Å². The summed E-state index contributed by atoms with van der Waals surface area (Å²) in [5, 5.41) is 8.17. The Labute approximate surface area is 120 Å². The number of aryl methyl sites for hydroxylation is 2. The molecule has 0 radical (unpaired) electrons. The molecule has 1 amide bonds. The third-order valence-corrected chi connectivity index (χ3v) is 4.63. The van der Waals surface area contributed by atoms with Gasteiger partial charge in [0.1, 0.15) is 5.25 Å². The zero-order valence-corrected chi connectivity index (χ0v) is 12.6. The van der Waals surface area contributed by atoms with Crippen molar-refractivity contribution in [3.8, 4) is 0 Å². The molecule has 0 aliphatic heterocycles. The van der Waals surface area contributed by atoms with Crippen molar-refractivity contribution < 1.29 is 4.79 Å². The lowest BCUT2D eigenvalue weighted by Crippen LogP contribution is -2.24. The Morgan fingerprint density at radius 3 is 2.84 bits per heavy atom. The minimum Gasteiger partial charge on any atom is -0.358 e. The number of hydrogen-bond donors (Lipinski definition) is 1. The summed E-state index contributed by atoms with van der Waals surface area (Å²) in [4.78, 5) is 13.1. The number of aromatic nitrogens is 2. The summed E-state index contributed by atoms with van der Waals surface area (Å²) >= 11 is 2.77. The molecule has 0 fully saturated rings. The molecule has 1 N–H and O–H groups in total. The van der Waals surface area contributed by atoms with E-state index in [1.54, 1.807) is 7.05 Å². The number of nitrogens with zero attached hydrogens (tertiary/aromatic N) is 2. The van der Waals surface area contributed by atoms with Gasteiger partial charge in [0, 0.05) is 17.3 Å². The summed E-state index contributed by atoms with van der Waals surface area (Å²) in [6.45, 7) is 4.09. The molecule has 100 valence electrons. The standard InChI is InChI=1S/C13H15N3OS2/c1-8-4-5-9(2)11(6-8)19-12(13(17)14-3)10-7-18-16-15-10/h4-7,12H,1-3H3,(H,14,17). The second kappa shape index (κ2) is 6.16. The number of amides is 1. The maximum atomic E-state index is 12.0. The minimum absolute atomic E-state index is 0.0568. The Hall–Kier alpha value is -1.40. The average molecular weight is 293 g/mol. The van der Waals surface area contributed by atoms with E-state index in [0.717, 1.165) is 10.5 Å². The number of likely N-dealkylation sites (N-methyl/N-ethyl adjacent to an activating group) is 1. The predicted octanol–water partition coefficient (Wildman–Crippen LogP) is 2.73. The number of hydrogen-bond acceptors (Lipinski definition) is 5. The van der Waals surface area contributed by atoms with Crippen molar-refractivity contribution in [1.29, 1.82) is 0 Å². The van der Waals surface area contributed by atoms with Crippen LogP contribution in [0.2, 0.25) is 0 Å². The molecular formula is C13H15N3OS2. The monoisotopic (exact) mass is 293 g/mol. The molecule has 0 aliphatic rings. The van der Waals surface area contributed by atoms with Crippen molar-refractivity contribution in [1.82, 2.24) is 14.9 Å².